The lowest BCUT2D eigenvalue weighted by molar-refractivity contribution is -1.12. The fourth-order valence-electron chi connectivity index (χ4n) is 1.53. The highest BCUT2D eigenvalue weighted by atomic mass is 17.0. The van der Waals surface area contributed by atoms with Crippen LogP contribution in [0.3, 0.4) is 0 Å². The molecule has 118 valence electrons. The van der Waals surface area contributed by atoms with Crippen molar-refractivity contribution >= 4 is 23.9 Å². The Labute approximate surface area is 121 Å². The molecular formula is C12H19N2O7+. The summed E-state index contributed by atoms with van der Waals surface area (Å²) in [5.74, 6) is -2.78. The van der Waals surface area contributed by atoms with Gasteiger partial charge in [0.1, 0.15) is 10.4 Å². The summed E-state index contributed by atoms with van der Waals surface area (Å²) in [6, 6.07) is 0. The summed E-state index contributed by atoms with van der Waals surface area (Å²) in [6.45, 7) is 4.94. The van der Waals surface area contributed by atoms with Gasteiger partial charge in [-0.3, -0.25) is 0 Å². The first kappa shape index (κ1) is 17.1. The van der Waals surface area contributed by atoms with Crippen LogP contribution in [0, 0.1) is 0 Å². The Bertz CT molecular complexity index is 451. The summed E-state index contributed by atoms with van der Waals surface area (Å²) in [4.78, 5) is 47.9. The van der Waals surface area contributed by atoms with Gasteiger partial charge in [-0.2, -0.15) is 5.21 Å². The van der Waals surface area contributed by atoms with Gasteiger partial charge in [-0.15, -0.1) is 0 Å². The van der Waals surface area contributed by atoms with E-state index >= 15 is 0 Å². The summed E-state index contributed by atoms with van der Waals surface area (Å²) >= 11 is 0. The maximum Gasteiger partial charge on any atom is 0.407 e. The number of hydrogen-bond acceptors (Lipinski definition) is 7. The molecule has 9 heteroatoms. The summed E-state index contributed by atoms with van der Waals surface area (Å²) in [5.41, 5.74) is -0.667. The SMILES string of the molecule is CC(C)(C)OC(=O)NCCC(=O)O[N+]1(O)C(=O)CCC1=O. The largest absolute Gasteiger partial charge is 0.444 e. The van der Waals surface area contributed by atoms with Crippen molar-refractivity contribution in [2.75, 3.05) is 6.54 Å². The van der Waals surface area contributed by atoms with E-state index < -0.39 is 34.3 Å². The molecule has 21 heavy (non-hydrogen) atoms. The Kier molecular flexibility index (Phi) is 5.02. The van der Waals surface area contributed by atoms with Crippen LogP contribution in [-0.2, 0) is 24.0 Å². The van der Waals surface area contributed by atoms with Gasteiger partial charge in [0.25, 0.3) is 0 Å². The number of carbonyl (C=O) groups excluding carboxylic acids is 4. The van der Waals surface area contributed by atoms with Crippen molar-refractivity contribution in [3.05, 3.63) is 0 Å². The number of nitrogens with one attached hydrogen (secondary N) is 1. The molecule has 3 amide bonds. The maximum atomic E-state index is 11.5. The molecule has 1 fully saturated rings. The number of carbonyl (C=O) groups is 4. The van der Waals surface area contributed by atoms with Gasteiger partial charge in [-0.25, -0.2) is 24.0 Å². The fourth-order valence-corrected chi connectivity index (χ4v) is 1.53. The zero-order valence-electron chi connectivity index (χ0n) is 12.2. The second-order valence-electron chi connectivity index (χ2n) is 5.51. The number of ether oxygens (including phenoxy) is 1. The Hall–Kier alpha value is -2.00. The molecule has 0 saturated carbocycles. The van der Waals surface area contributed by atoms with Crippen molar-refractivity contribution in [1.82, 2.24) is 5.32 Å². The lowest BCUT2D eigenvalue weighted by atomic mass is 10.2. The van der Waals surface area contributed by atoms with Crippen molar-refractivity contribution in [2.24, 2.45) is 0 Å². The summed E-state index contributed by atoms with van der Waals surface area (Å²) in [7, 11) is 0. The predicted octanol–water partition coefficient (Wildman–Crippen LogP) is 0.412. The molecule has 0 bridgehead atoms. The fraction of sp³-hybridized carbons (Fsp3) is 0.667. The van der Waals surface area contributed by atoms with Crippen LogP contribution in [0.4, 0.5) is 4.79 Å². The average Bonchev–Trinajstić information content (AvgIpc) is 2.54. The Morgan fingerprint density at radius 3 is 2.24 bits per heavy atom. The smallest absolute Gasteiger partial charge is 0.407 e. The van der Waals surface area contributed by atoms with Gasteiger partial charge >= 0.3 is 23.9 Å². The first-order chi connectivity index (χ1) is 9.54. The highest BCUT2D eigenvalue weighted by Gasteiger charge is 2.55. The van der Waals surface area contributed by atoms with Gasteiger partial charge in [0.05, 0.1) is 19.3 Å². The van der Waals surface area contributed by atoms with Gasteiger partial charge in [-0.05, 0) is 20.8 Å². The zero-order chi connectivity index (χ0) is 16.3. The molecule has 1 aliphatic rings. The Balaban J connectivity index is 2.37. The standard InChI is InChI=1S/C12H18N2O7/c1-12(2,3)20-11(18)13-7-6-10(17)21-14(19)8(15)4-5-9(14)16/h19H,4-7H2,1-3H3/p+1. The molecule has 9 nitrogen and oxygen atoms in total. The first-order valence-corrected chi connectivity index (χ1v) is 6.42. The highest BCUT2D eigenvalue weighted by molar-refractivity contribution is 5.91. The van der Waals surface area contributed by atoms with Gasteiger partial charge in [0.15, 0.2) is 0 Å². The number of alkyl carbamates (subject to hydrolysis) is 1. The summed E-state index contributed by atoms with van der Waals surface area (Å²) in [6.07, 6.45) is -1.39. The monoisotopic (exact) mass is 303 g/mol. The van der Waals surface area contributed by atoms with Crippen LogP contribution < -0.4 is 5.32 Å². The van der Waals surface area contributed by atoms with Crippen molar-refractivity contribution in [3.63, 3.8) is 0 Å². The van der Waals surface area contributed by atoms with Crippen LogP contribution in [0.5, 0.6) is 0 Å². The number of hydroxylamine groups is 4. The third-order valence-corrected chi connectivity index (χ3v) is 2.46. The van der Waals surface area contributed by atoms with Crippen molar-refractivity contribution in [2.45, 2.75) is 45.6 Å². The molecule has 1 rings (SSSR count). The van der Waals surface area contributed by atoms with Crippen LogP contribution >= 0.6 is 0 Å². The van der Waals surface area contributed by atoms with Gasteiger partial charge < -0.3 is 10.1 Å². The van der Waals surface area contributed by atoms with Crippen LogP contribution in [0.15, 0.2) is 0 Å². The minimum atomic E-state index is -1.95. The normalized spacial score (nSPS) is 17.5. The predicted molar refractivity (Wildman–Crippen MR) is 66.2 cm³/mol. The molecule has 0 spiro atoms. The molecule has 1 saturated heterocycles. The molecule has 1 heterocycles. The average molecular weight is 303 g/mol. The van der Waals surface area contributed by atoms with E-state index in [1.165, 1.54) is 0 Å². The van der Waals surface area contributed by atoms with Crippen LogP contribution in [0.1, 0.15) is 40.0 Å². The molecule has 0 unspecified atom stereocenters. The molecule has 0 atom stereocenters. The third kappa shape index (κ3) is 4.80. The molecule has 2 N–H and O–H groups in total. The number of rotatable bonds is 4. The van der Waals surface area contributed by atoms with Crippen LogP contribution in [0.25, 0.3) is 0 Å². The van der Waals surface area contributed by atoms with Crippen LogP contribution in [-0.4, -0.2) is 46.0 Å². The lowest BCUT2D eigenvalue weighted by Gasteiger charge is -2.19. The summed E-state index contributed by atoms with van der Waals surface area (Å²) < 4.78 is 4.94. The van der Waals surface area contributed by atoms with E-state index in [4.69, 9.17) is 4.74 Å². The summed E-state index contributed by atoms with van der Waals surface area (Å²) in [5, 5.41) is 12.0. The molecule has 0 aromatic heterocycles. The maximum absolute atomic E-state index is 11.5. The molecule has 0 aromatic carbocycles. The van der Waals surface area contributed by atoms with Crippen LogP contribution in [0.2, 0.25) is 0 Å². The molecule has 1 aliphatic heterocycles. The van der Waals surface area contributed by atoms with E-state index in [-0.39, 0.29) is 25.8 Å². The Morgan fingerprint density at radius 2 is 1.76 bits per heavy atom. The van der Waals surface area contributed by atoms with E-state index in [9.17, 15) is 24.4 Å². The molecule has 0 radical (unpaired) electrons. The molecule has 0 aromatic rings. The van der Waals surface area contributed by atoms with Crippen molar-refractivity contribution in [1.29, 1.82) is 0 Å². The highest BCUT2D eigenvalue weighted by Crippen LogP contribution is 2.20. The lowest BCUT2D eigenvalue weighted by Crippen LogP contribution is -2.50. The second-order valence-corrected chi connectivity index (χ2v) is 5.51. The van der Waals surface area contributed by atoms with Gasteiger partial charge in [-0.1, -0.05) is 0 Å². The number of amides is 3. The van der Waals surface area contributed by atoms with Gasteiger partial charge in [0, 0.05) is 6.54 Å². The minimum Gasteiger partial charge on any atom is -0.444 e. The number of hydrogen-bond donors (Lipinski definition) is 2. The molecule has 0 aliphatic carbocycles. The third-order valence-electron chi connectivity index (χ3n) is 2.46. The Morgan fingerprint density at radius 1 is 1.24 bits per heavy atom. The van der Waals surface area contributed by atoms with Crippen molar-refractivity contribution in [3.8, 4) is 0 Å². The minimum absolute atomic E-state index is 0.115. The topological polar surface area (TPSA) is 119 Å². The van der Waals surface area contributed by atoms with Crippen molar-refractivity contribution < 1.29 is 38.8 Å². The first-order valence-electron chi connectivity index (χ1n) is 6.42. The van der Waals surface area contributed by atoms with E-state index in [1.54, 1.807) is 20.8 Å². The van der Waals surface area contributed by atoms with E-state index in [1.807, 2.05) is 0 Å². The number of imide groups is 1. The quantitative estimate of drug-likeness (QED) is 0.438. The molecular weight excluding hydrogens is 284 g/mol. The van der Waals surface area contributed by atoms with E-state index in [0.717, 1.165) is 0 Å². The zero-order valence-corrected chi connectivity index (χ0v) is 12.2. The number of nitrogens with zero attached hydrogens (tertiary/aromatic N) is 1. The van der Waals surface area contributed by atoms with E-state index in [2.05, 4.69) is 10.2 Å². The number of quaternary nitrogens is 1. The van der Waals surface area contributed by atoms with E-state index in [0.29, 0.717) is 0 Å². The second kappa shape index (κ2) is 6.19. The van der Waals surface area contributed by atoms with Gasteiger partial charge in [0.2, 0.25) is 0 Å².